The van der Waals surface area contributed by atoms with E-state index in [4.69, 9.17) is 18.9 Å². The first-order valence-corrected chi connectivity index (χ1v) is 10.2. The zero-order valence-corrected chi connectivity index (χ0v) is 19.2. The van der Waals surface area contributed by atoms with Gasteiger partial charge in [0.15, 0.2) is 6.61 Å². The van der Waals surface area contributed by atoms with Crippen LogP contribution in [0.3, 0.4) is 0 Å². The van der Waals surface area contributed by atoms with E-state index in [9.17, 15) is 14.4 Å². The third kappa shape index (κ3) is 7.34. The van der Waals surface area contributed by atoms with Crippen molar-refractivity contribution in [1.82, 2.24) is 15.3 Å². The summed E-state index contributed by atoms with van der Waals surface area (Å²) in [5.41, 5.74) is 0.291. The summed E-state index contributed by atoms with van der Waals surface area (Å²) >= 11 is 0. The minimum absolute atomic E-state index is 0.0755. The van der Waals surface area contributed by atoms with Gasteiger partial charge in [-0.15, -0.1) is 0 Å². The summed E-state index contributed by atoms with van der Waals surface area (Å²) in [5, 5.41) is 5.05. The number of aromatic nitrogens is 2. The van der Waals surface area contributed by atoms with Gasteiger partial charge in [-0.1, -0.05) is 26.0 Å². The molecule has 0 saturated carbocycles. The van der Waals surface area contributed by atoms with Crippen LogP contribution in [-0.2, 0) is 14.3 Å². The summed E-state index contributed by atoms with van der Waals surface area (Å²) in [6, 6.07) is 7.17. The Morgan fingerprint density at radius 3 is 2.24 bits per heavy atom. The number of methoxy groups -OCH3 is 2. The maximum absolute atomic E-state index is 12.7. The van der Waals surface area contributed by atoms with Crippen LogP contribution in [0.25, 0.3) is 0 Å². The first kappa shape index (κ1) is 25.4. The van der Waals surface area contributed by atoms with Gasteiger partial charge in [0.05, 0.1) is 32.5 Å². The van der Waals surface area contributed by atoms with Crippen LogP contribution in [0.4, 0.5) is 5.95 Å². The summed E-state index contributed by atoms with van der Waals surface area (Å²) in [6.45, 7) is 5.09. The third-order valence-corrected chi connectivity index (χ3v) is 4.33. The molecule has 2 aromatic rings. The second kappa shape index (κ2) is 12.2. The van der Waals surface area contributed by atoms with Gasteiger partial charge >= 0.3 is 5.97 Å². The molecular weight excluding hydrogens is 432 g/mol. The van der Waals surface area contributed by atoms with Gasteiger partial charge in [-0.3, -0.25) is 14.9 Å². The molecule has 178 valence electrons. The van der Waals surface area contributed by atoms with Gasteiger partial charge in [0.1, 0.15) is 11.8 Å². The number of carbonyl (C=O) groups is 3. The first-order chi connectivity index (χ1) is 15.8. The minimum Gasteiger partial charge on any atom is -0.493 e. The van der Waals surface area contributed by atoms with Crippen molar-refractivity contribution in [2.45, 2.75) is 26.8 Å². The van der Waals surface area contributed by atoms with E-state index in [1.165, 1.54) is 20.3 Å². The molecule has 0 fully saturated rings. The first-order valence-electron chi connectivity index (χ1n) is 10.2. The highest BCUT2D eigenvalue weighted by Gasteiger charge is 2.28. The Labute approximate surface area is 191 Å². The molecule has 0 bridgehead atoms. The minimum atomic E-state index is -0.979. The summed E-state index contributed by atoms with van der Waals surface area (Å²) in [6.07, 6.45) is 0. The van der Waals surface area contributed by atoms with E-state index in [1.807, 2.05) is 0 Å². The Bertz CT molecular complexity index is 959. The van der Waals surface area contributed by atoms with Gasteiger partial charge in [0.2, 0.25) is 17.7 Å². The lowest BCUT2D eigenvalue weighted by molar-refractivity contribution is -0.150. The molecule has 0 saturated heterocycles. The largest absolute Gasteiger partial charge is 0.493 e. The fraction of sp³-hybridized carbons (Fsp3) is 0.409. The van der Waals surface area contributed by atoms with Crippen molar-refractivity contribution in [3.63, 3.8) is 0 Å². The van der Waals surface area contributed by atoms with Crippen molar-refractivity contribution in [2.75, 3.05) is 32.8 Å². The van der Waals surface area contributed by atoms with Crippen LogP contribution < -0.4 is 24.8 Å². The fourth-order valence-corrected chi connectivity index (χ4v) is 2.71. The number of hydrogen-bond donors (Lipinski definition) is 2. The Balaban J connectivity index is 2.00. The highest BCUT2D eigenvalue weighted by atomic mass is 16.5. The summed E-state index contributed by atoms with van der Waals surface area (Å²) in [4.78, 5) is 45.5. The monoisotopic (exact) mass is 460 g/mol. The summed E-state index contributed by atoms with van der Waals surface area (Å²) in [5.74, 6) is -1.52. The Morgan fingerprint density at radius 2 is 1.67 bits per heavy atom. The lowest BCUT2D eigenvalue weighted by Crippen LogP contribution is -2.46. The van der Waals surface area contributed by atoms with E-state index in [1.54, 1.807) is 45.0 Å². The second-order valence-corrected chi connectivity index (χ2v) is 7.06. The van der Waals surface area contributed by atoms with Crippen LogP contribution in [0.15, 0.2) is 30.3 Å². The van der Waals surface area contributed by atoms with E-state index in [-0.39, 0.29) is 23.6 Å². The maximum Gasteiger partial charge on any atom is 0.329 e. The van der Waals surface area contributed by atoms with Gasteiger partial charge < -0.3 is 24.3 Å². The lowest BCUT2D eigenvalue weighted by atomic mass is 10.0. The van der Waals surface area contributed by atoms with Gasteiger partial charge in [-0.25, -0.2) is 4.79 Å². The normalized spacial score (nSPS) is 11.3. The molecule has 0 aliphatic heterocycles. The van der Waals surface area contributed by atoms with Crippen LogP contribution in [-0.4, -0.2) is 61.2 Å². The van der Waals surface area contributed by atoms with Crippen LogP contribution in [0.5, 0.6) is 17.5 Å². The van der Waals surface area contributed by atoms with Gasteiger partial charge in [0.25, 0.3) is 11.8 Å². The average molecular weight is 460 g/mol. The smallest absolute Gasteiger partial charge is 0.329 e. The molecule has 2 N–H and O–H groups in total. The van der Waals surface area contributed by atoms with Crippen LogP contribution >= 0.6 is 0 Å². The molecule has 0 aliphatic carbocycles. The quantitative estimate of drug-likeness (QED) is 0.481. The van der Waals surface area contributed by atoms with E-state index in [2.05, 4.69) is 20.6 Å². The maximum atomic E-state index is 12.7. The summed E-state index contributed by atoms with van der Waals surface area (Å²) < 4.78 is 20.6. The van der Waals surface area contributed by atoms with Crippen LogP contribution in [0.1, 0.15) is 31.1 Å². The van der Waals surface area contributed by atoms with Crippen molar-refractivity contribution in [3.8, 4) is 17.5 Å². The number of ether oxygens (including phenoxy) is 4. The molecule has 1 aromatic carbocycles. The third-order valence-electron chi connectivity index (χ3n) is 4.33. The molecule has 0 unspecified atom stereocenters. The van der Waals surface area contributed by atoms with Crippen molar-refractivity contribution in [2.24, 2.45) is 5.92 Å². The molecule has 0 radical (unpaired) electrons. The fourth-order valence-electron chi connectivity index (χ4n) is 2.71. The molecule has 0 spiro atoms. The number of anilines is 1. The Kier molecular flexibility index (Phi) is 9.40. The predicted molar refractivity (Wildman–Crippen MR) is 118 cm³/mol. The molecule has 11 heteroatoms. The predicted octanol–water partition coefficient (Wildman–Crippen LogP) is 1.83. The van der Waals surface area contributed by atoms with Crippen molar-refractivity contribution in [1.29, 1.82) is 0 Å². The number of amides is 2. The molecule has 11 nitrogen and oxygen atoms in total. The number of hydrogen-bond acceptors (Lipinski definition) is 9. The number of esters is 1. The Hall–Kier alpha value is -3.89. The standard InChI is InChI=1S/C22H28N4O7/c1-6-32-15-10-8-7-9-14(15)20(28)26-19(13(2)3)21(29)33-12-16(27)23-22-24-17(30-4)11-18(25-22)31-5/h7-11,13,19H,6,12H2,1-5H3,(H,26,28)(H,23,24,25,27)/t19-/m0/s1. The zero-order valence-electron chi connectivity index (χ0n) is 19.2. The number of para-hydroxylation sites is 1. The molecule has 2 rings (SSSR count). The van der Waals surface area contributed by atoms with Gasteiger partial charge in [-0.2, -0.15) is 9.97 Å². The molecule has 1 atom stereocenters. The number of benzene rings is 1. The highest BCUT2D eigenvalue weighted by molar-refractivity contribution is 5.99. The number of nitrogens with one attached hydrogen (secondary N) is 2. The van der Waals surface area contributed by atoms with E-state index in [0.29, 0.717) is 17.9 Å². The SMILES string of the molecule is CCOc1ccccc1C(=O)N[C@H](C(=O)OCC(=O)Nc1nc(OC)cc(OC)n1)C(C)C. The molecule has 1 aromatic heterocycles. The van der Waals surface area contributed by atoms with Crippen molar-refractivity contribution < 1.29 is 33.3 Å². The molecular formula is C22H28N4O7. The topological polar surface area (TPSA) is 138 Å². The van der Waals surface area contributed by atoms with Crippen LogP contribution in [0, 0.1) is 5.92 Å². The number of nitrogens with zero attached hydrogens (tertiary/aromatic N) is 2. The van der Waals surface area contributed by atoms with Crippen molar-refractivity contribution >= 4 is 23.7 Å². The van der Waals surface area contributed by atoms with Gasteiger partial charge in [0, 0.05) is 0 Å². The number of carbonyl (C=O) groups excluding carboxylic acids is 3. The lowest BCUT2D eigenvalue weighted by Gasteiger charge is -2.21. The average Bonchev–Trinajstić information content (AvgIpc) is 2.80. The second-order valence-electron chi connectivity index (χ2n) is 7.06. The summed E-state index contributed by atoms with van der Waals surface area (Å²) in [7, 11) is 2.81. The Morgan fingerprint density at radius 1 is 1.03 bits per heavy atom. The molecule has 1 heterocycles. The van der Waals surface area contributed by atoms with E-state index >= 15 is 0 Å². The van der Waals surface area contributed by atoms with E-state index in [0.717, 1.165) is 0 Å². The van der Waals surface area contributed by atoms with E-state index < -0.39 is 30.4 Å². The number of rotatable bonds is 11. The van der Waals surface area contributed by atoms with Gasteiger partial charge in [-0.05, 0) is 25.0 Å². The zero-order chi connectivity index (χ0) is 24.4. The molecule has 2 amide bonds. The van der Waals surface area contributed by atoms with Crippen LogP contribution in [0.2, 0.25) is 0 Å². The van der Waals surface area contributed by atoms with Crippen molar-refractivity contribution in [3.05, 3.63) is 35.9 Å². The molecule has 0 aliphatic rings. The highest BCUT2D eigenvalue weighted by Crippen LogP contribution is 2.19. The molecule has 33 heavy (non-hydrogen) atoms.